The molecule has 0 radical (unpaired) electrons. The minimum Gasteiger partial charge on any atom is -0.493 e. The Morgan fingerprint density at radius 1 is 1.33 bits per heavy atom. The number of hydrogen-bond donors (Lipinski definition) is 0. The number of ether oxygens (including phenoxy) is 2. The fraction of sp³-hybridized carbons (Fsp3) is 0.600. The monoisotopic (exact) mass is 332 g/mol. The highest BCUT2D eigenvalue weighted by Gasteiger charge is 2.16. The van der Waals surface area contributed by atoms with E-state index in [4.69, 9.17) is 20.2 Å². The zero-order chi connectivity index (χ0) is 15.5. The van der Waals surface area contributed by atoms with E-state index in [1.807, 2.05) is 13.8 Å². The summed E-state index contributed by atoms with van der Waals surface area (Å²) < 4.78 is 34.1. The maximum absolute atomic E-state index is 11.4. The molecule has 0 amide bonds. The van der Waals surface area contributed by atoms with Gasteiger partial charge in [-0.1, -0.05) is 0 Å². The Labute approximate surface area is 130 Å². The van der Waals surface area contributed by atoms with Gasteiger partial charge < -0.3 is 9.47 Å². The maximum Gasteiger partial charge on any atom is 0.261 e. The molecule has 0 aromatic heterocycles. The fourth-order valence-electron chi connectivity index (χ4n) is 2.64. The Hall–Kier alpha value is -0.780. The first kappa shape index (κ1) is 16.6. The Bertz CT molecular complexity index is 569. The van der Waals surface area contributed by atoms with Gasteiger partial charge in [0.25, 0.3) is 9.05 Å². The van der Waals surface area contributed by atoms with Crippen molar-refractivity contribution in [2.75, 3.05) is 13.2 Å². The van der Waals surface area contributed by atoms with E-state index >= 15 is 0 Å². The molecule has 1 fully saturated rings. The summed E-state index contributed by atoms with van der Waals surface area (Å²) in [5, 5.41) is 0. The van der Waals surface area contributed by atoms with Crippen molar-refractivity contribution in [3.63, 3.8) is 0 Å². The highest BCUT2D eigenvalue weighted by atomic mass is 35.7. The summed E-state index contributed by atoms with van der Waals surface area (Å²) in [5.41, 5.74) is 1.57. The van der Waals surface area contributed by atoms with E-state index in [2.05, 4.69) is 0 Å². The molecular formula is C15H21ClO4S. The molecule has 4 nitrogen and oxygen atoms in total. The van der Waals surface area contributed by atoms with Crippen LogP contribution in [0.4, 0.5) is 0 Å². The molecule has 1 aromatic carbocycles. The summed E-state index contributed by atoms with van der Waals surface area (Å²) in [5.74, 6) is 0.742. The van der Waals surface area contributed by atoms with Crippen LogP contribution in [-0.2, 0) is 13.8 Å². The second-order valence-electron chi connectivity index (χ2n) is 5.45. The van der Waals surface area contributed by atoms with E-state index in [1.54, 1.807) is 12.1 Å². The summed E-state index contributed by atoms with van der Waals surface area (Å²) in [6.07, 6.45) is 4.60. The van der Waals surface area contributed by atoms with E-state index < -0.39 is 9.05 Å². The number of aryl methyl sites for hydroxylation is 2. The first-order chi connectivity index (χ1) is 9.88. The van der Waals surface area contributed by atoms with Gasteiger partial charge in [0.2, 0.25) is 0 Å². The third-order valence-corrected chi connectivity index (χ3v) is 4.99. The molecule has 1 unspecified atom stereocenters. The van der Waals surface area contributed by atoms with Crippen molar-refractivity contribution in [2.45, 2.75) is 50.5 Å². The Kier molecular flexibility index (Phi) is 5.52. The number of benzene rings is 1. The van der Waals surface area contributed by atoms with Crippen molar-refractivity contribution < 1.29 is 17.9 Å². The average Bonchev–Trinajstić information content (AvgIpc) is 2.88. The van der Waals surface area contributed by atoms with Crippen molar-refractivity contribution in [1.82, 2.24) is 0 Å². The minimum atomic E-state index is -3.70. The molecule has 1 aliphatic rings. The highest BCUT2D eigenvalue weighted by molar-refractivity contribution is 8.13. The summed E-state index contributed by atoms with van der Waals surface area (Å²) in [6.45, 7) is 5.13. The molecule has 6 heteroatoms. The smallest absolute Gasteiger partial charge is 0.261 e. The highest BCUT2D eigenvalue weighted by Crippen LogP contribution is 2.28. The lowest BCUT2D eigenvalue weighted by Crippen LogP contribution is -2.08. The first-order valence-corrected chi connectivity index (χ1v) is 9.49. The molecule has 0 saturated carbocycles. The van der Waals surface area contributed by atoms with Gasteiger partial charge in [-0.2, -0.15) is 0 Å². The van der Waals surface area contributed by atoms with E-state index in [-0.39, 0.29) is 4.90 Å². The van der Waals surface area contributed by atoms with Gasteiger partial charge in [0.05, 0.1) is 17.6 Å². The SMILES string of the molecule is Cc1cc(S(=O)(=O)Cl)cc(C)c1OCCCC1CCCO1. The van der Waals surface area contributed by atoms with Gasteiger partial charge in [-0.05, 0) is 62.8 Å². The molecule has 0 bridgehead atoms. The Morgan fingerprint density at radius 3 is 2.52 bits per heavy atom. The fourth-order valence-corrected chi connectivity index (χ4v) is 3.54. The number of halogens is 1. The van der Waals surface area contributed by atoms with Crippen molar-refractivity contribution in [1.29, 1.82) is 0 Å². The van der Waals surface area contributed by atoms with Crippen LogP contribution in [0.5, 0.6) is 5.75 Å². The largest absolute Gasteiger partial charge is 0.493 e. The van der Waals surface area contributed by atoms with Crippen LogP contribution in [0.1, 0.15) is 36.8 Å². The zero-order valence-corrected chi connectivity index (χ0v) is 14.0. The van der Waals surface area contributed by atoms with Crippen LogP contribution < -0.4 is 4.74 Å². The van der Waals surface area contributed by atoms with Gasteiger partial charge in [0, 0.05) is 17.3 Å². The molecule has 0 N–H and O–H groups in total. The summed E-state index contributed by atoms with van der Waals surface area (Å²) >= 11 is 0. The van der Waals surface area contributed by atoms with Gasteiger partial charge in [0.1, 0.15) is 5.75 Å². The molecule has 1 aromatic rings. The van der Waals surface area contributed by atoms with Crippen LogP contribution in [0.2, 0.25) is 0 Å². The molecule has 0 aliphatic carbocycles. The van der Waals surface area contributed by atoms with Crippen molar-refractivity contribution in [3.8, 4) is 5.75 Å². The van der Waals surface area contributed by atoms with Crippen molar-refractivity contribution in [2.24, 2.45) is 0 Å². The van der Waals surface area contributed by atoms with Crippen LogP contribution in [0, 0.1) is 13.8 Å². The van der Waals surface area contributed by atoms with Crippen molar-refractivity contribution >= 4 is 19.7 Å². The molecule has 2 rings (SSSR count). The minimum absolute atomic E-state index is 0.117. The standard InChI is InChI=1S/C15H21ClO4S/c1-11-9-14(21(16,17)18)10-12(2)15(11)20-8-4-6-13-5-3-7-19-13/h9-10,13H,3-8H2,1-2H3. The Morgan fingerprint density at radius 2 is 2.00 bits per heavy atom. The Balaban J connectivity index is 1.93. The van der Waals surface area contributed by atoms with Gasteiger partial charge >= 0.3 is 0 Å². The topological polar surface area (TPSA) is 52.6 Å². The predicted molar refractivity (Wildman–Crippen MR) is 82.7 cm³/mol. The molecular weight excluding hydrogens is 312 g/mol. The lowest BCUT2D eigenvalue weighted by molar-refractivity contribution is 0.0980. The molecule has 1 heterocycles. The van der Waals surface area contributed by atoms with Gasteiger partial charge in [0.15, 0.2) is 0 Å². The summed E-state index contributed by atoms with van der Waals surface area (Å²) in [4.78, 5) is 0.117. The lowest BCUT2D eigenvalue weighted by atomic mass is 10.1. The second kappa shape index (κ2) is 6.99. The number of hydrogen-bond acceptors (Lipinski definition) is 4. The van der Waals surface area contributed by atoms with Crippen LogP contribution in [0.3, 0.4) is 0 Å². The van der Waals surface area contributed by atoms with Gasteiger partial charge in [-0.3, -0.25) is 0 Å². The van der Waals surface area contributed by atoms with Crippen LogP contribution in [0.25, 0.3) is 0 Å². The predicted octanol–water partition coefficient (Wildman–Crippen LogP) is 3.57. The van der Waals surface area contributed by atoms with Gasteiger partial charge in [-0.15, -0.1) is 0 Å². The third kappa shape index (κ3) is 4.59. The molecule has 1 atom stereocenters. The second-order valence-corrected chi connectivity index (χ2v) is 8.02. The van der Waals surface area contributed by atoms with Crippen molar-refractivity contribution in [3.05, 3.63) is 23.3 Å². The molecule has 1 saturated heterocycles. The van der Waals surface area contributed by atoms with E-state index in [1.165, 1.54) is 0 Å². The molecule has 1 aliphatic heterocycles. The van der Waals surface area contributed by atoms with E-state index in [0.717, 1.165) is 49.2 Å². The number of rotatable bonds is 6. The molecule has 118 valence electrons. The molecule has 21 heavy (non-hydrogen) atoms. The summed E-state index contributed by atoms with van der Waals surface area (Å²) in [7, 11) is 1.67. The maximum atomic E-state index is 11.4. The van der Waals surface area contributed by atoms with Crippen LogP contribution in [0.15, 0.2) is 17.0 Å². The van der Waals surface area contributed by atoms with E-state index in [0.29, 0.717) is 12.7 Å². The zero-order valence-electron chi connectivity index (χ0n) is 12.4. The third-order valence-electron chi connectivity index (χ3n) is 3.66. The molecule has 0 spiro atoms. The van der Waals surface area contributed by atoms with Gasteiger partial charge in [-0.25, -0.2) is 8.42 Å². The van der Waals surface area contributed by atoms with E-state index in [9.17, 15) is 8.42 Å². The first-order valence-electron chi connectivity index (χ1n) is 7.18. The summed E-state index contributed by atoms with van der Waals surface area (Å²) in [6, 6.07) is 3.09. The van der Waals surface area contributed by atoms with Crippen LogP contribution in [-0.4, -0.2) is 27.7 Å². The average molecular weight is 333 g/mol. The lowest BCUT2D eigenvalue weighted by Gasteiger charge is -2.14. The van der Waals surface area contributed by atoms with Crippen LogP contribution >= 0.6 is 10.7 Å². The normalized spacial score (nSPS) is 18.9. The quantitative estimate of drug-likeness (QED) is 0.590.